The first kappa shape index (κ1) is 15.4. The number of hydrogen-bond donors (Lipinski definition) is 2. The van der Waals surface area contributed by atoms with Crippen LogP contribution in [0.3, 0.4) is 0 Å². The smallest absolute Gasteiger partial charge is 0.251 e. The van der Waals surface area contributed by atoms with Gasteiger partial charge in [0, 0.05) is 19.2 Å². The van der Waals surface area contributed by atoms with E-state index < -0.39 is 0 Å². The molecule has 3 nitrogen and oxygen atoms in total. The van der Waals surface area contributed by atoms with Crippen molar-refractivity contribution < 1.29 is 4.79 Å². The van der Waals surface area contributed by atoms with Crippen LogP contribution in [0.25, 0.3) is 0 Å². The molecule has 1 amide bonds. The van der Waals surface area contributed by atoms with Crippen molar-refractivity contribution in [2.75, 3.05) is 12.4 Å². The number of aryl methyl sites for hydroxylation is 2. The summed E-state index contributed by atoms with van der Waals surface area (Å²) in [6, 6.07) is 11.6. The zero-order valence-corrected chi connectivity index (χ0v) is 13.2. The van der Waals surface area contributed by atoms with Crippen molar-refractivity contribution in [2.24, 2.45) is 0 Å². The van der Waals surface area contributed by atoms with Crippen molar-refractivity contribution in [1.29, 1.82) is 0 Å². The molecule has 0 fully saturated rings. The SMILES string of the molecule is CNC(=O)c1ccc(Cl)c(NCc2ccc(C)c(C)c2)c1. The molecule has 2 N–H and O–H groups in total. The molecule has 0 saturated carbocycles. The number of benzene rings is 2. The number of amides is 1. The summed E-state index contributed by atoms with van der Waals surface area (Å²) in [6.45, 7) is 4.85. The van der Waals surface area contributed by atoms with E-state index in [-0.39, 0.29) is 5.91 Å². The molecule has 2 rings (SSSR count). The van der Waals surface area contributed by atoms with Gasteiger partial charge in [0.2, 0.25) is 0 Å². The first-order chi connectivity index (χ1) is 10.0. The fourth-order valence-electron chi connectivity index (χ4n) is 2.06. The van der Waals surface area contributed by atoms with Gasteiger partial charge in [-0.1, -0.05) is 29.8 Å². The zero-order chi connectivity index (χ0) is 15.4. The highest BCUT2D eigenvalue weighted by Gasteiger charge is 2.07. The largest absolute Gasteiger partial charge is 0.380 e. The molecule has 110 valence electrons. The van der Waals surface area contributed by atoms with E-state index in [1.165, 1.54) is 16.7 Å². The Morgan fingerprint density at radius 3 is 2.52 bits per heavy atom. The third kappa shape index (κ3) is 3.76. The Labute approximate surface area is 130 Å². The second kappa shape index (κ2) is 6.64. The lowest BCUT2D eigenvalue weighted by Gasteiger charge is -2.11. The fourth-order valence-corrected chi connectivity index (χ4v) is 2.24. The molecule has 0 aliphatic carbocycles. The van der Waals surface area contributed by atoms with E-state index in [2.05, 4.69) is 42.7 Å². The zero-order valence-electron chi connectivity index (χ0n) is 12.5. The first-order valence-electron chi connectivity index (χ1n) is 6.83. The molecular formula is C17H19ClN2O. The van der Waals surface area contributed by atoms with Crippen molar-refractivity contribution in [3.8, 4) is 0 Å². The number of hydrogen-bond acceptors (Lipinski definition) is 2. The highest BCUT2D eigenvalue weighted by atomic mass is 35.5. The standard InChI is InChI=1S/C17H19ClN2O/c1-11-4-5-13(8-12(11)2)10-20-16-9-14(17(21)19-3)6-7-15(16)18/h4-9,20H,10H2,1-3H3,(H,19,21). The van der Waals surface area contributed by atoms with Crippen LogP contribution in [0.4, 0.5) is 5.69 Å². The molecule has 0 aliphatic rings. The highest BCUT2D eigenvalue weighted by Crippen LogP contribution is 2.24. The first-order valence-corrected chi connectivity index (χ1v) is 7.20. The summed E-state index contributed by atoms with van der Waals surface area (Å²) < 4.78 is 0. The number of halogens is 1. The Morgan fingerprint density at radius 2 is 1.86 bits per heavy atom. The summed E-state index contributed by atoms with van der Waals surface area (Å²) in [5.74, 6) is -0.124. The molecule has 4 heteroatoms. The number of carbonyl (C=O) groups excluding carboxylic acids is 1. The molecule has 0 heterocycles. The van der Waals surface area contributed by atoms with Gasteiger partial charge >= 0.3 is 0 Å². The molecule has 0 spiro atoms. The predicted molar refractivity (Wildman–Crippen MR) is 88.1 cm³/mol. The van der Waals surface area contributed by atoms with E-state index in [0.717, 1.165) is 5.69 Å². The van der Waals surface area contributed by atoms with Crippen molar-refractivity contribution in [3.05, 3.63) is 63.7 Å². The summed E-state index contributed by atoms with van der Waals surface area (Å²) in [7, 11) is 1.61. The van der Waals surface area contributed by atoms with Crippen molar-refractivity contribution in [2.45, 2.75) is 20.4 Å². The van der Waals surface area contributed by atoms with Crippen LogP contribution in [0.15, 0.2) is 36.4 Å². The van der Waals surface area contributed by atoms with Crippen LogP contribution in [0.2, 0.25) is 5.02 Å². The number of rotatable bonds is 4. The molecule has 0 aliphatic heterocycles. The molecule has 0 atom stereocenters. The Bertz CT molecular complexity index is 668. The molecule has 0 radical (unpaired) electrons. The van der Waals surface area contributed by atoms with E-state index in [1.807, 2.05) is 0 Å². The van der Waals surface area contributed by atoms with Crippen molar-refractivity contribution >= 4 is 23.2 Å². The van der Waals surface area contributed by atoms with Gasteiger partial charge in [-0.2, -0.15) is 0 Å². The molecular weight excluding hydrogens is 284 g/mol. The maximum Gasteiger partial charge on any atom is 0.251 e. The van der Waals surface area contributed by atoms with Crippen LogP contribution in [-0.4, -0.2) is 13.0 Å². The molecule has 2 aromatic rings. The molecule has 21 heavy (non-hydrogen) atoms. The van der Waals surface area contributed by atoms with Gasteiger partial charge in [0.25, 0.3) is 5.91 Å². The lowest BCUT2D eigenvalue weighted by atomic mass is 10.1. The average molecular weight is 303 g/mol. The Morgan fingerprint density at radius 1 is 1.10 bits per heavy atom. The maximum absolute atomic E-state index is 11.7. The lowest BCUT2D eigenvalue weighted by Crippen LogP contribution is -2.17. The number of carbonyl (C=O) groups is 1. The Balaban J connectivity index is 2.15. The van der Waals surface area contributed by atoms with E-state index in [4.69, 9.17) is 11.6 Å². The molecule has 0 aromatic heterocycles. The summed E-state index contributed by atoms with van der Waals surface area (Å²) in [5, 5.41) is 6.49. The van der Waals surface area contributed by atoms with E-state index in [1.54, 1.807) is 25.2 Å². The minimum absolute atomic E-state index is 0.124. The Hall–Kier alpha value is -2.00. The highest BCUT2D eigenvalue weighted by molar-refractivity contribution is 6.33. The minimum Gasteiger partial charge on any atom is -0.380 e. The predicted octanol–water partition coefficient (Wildman–Crippen LogP) is 3.93. The third-order valence-electron chi connectivity index (χ3n) is 3.51. The second-order valence-corrected chi connectivity index (χ2v) is 5.45. The number of anilines is 1. The normalized spacial score (nSPS) is 10.3. The minimum atomic E-state index is -0.124. The molecule has 0 bridgehead atoms. The van der Waals surface area contributed by atoms with Gasteiger partial charge in [-0.15, -0.1) is 0 Å². The summed E-state index contributed by atoms with van der Waals surface area (Å²) in [4.78, 5) is 11.7. The second-order valence-electron chi connectivity index (χ2n) is 5.05. The van der Waals surface area contributed by atoms with Gasteiger partial charge < -0.3 is 10.6 Å². The van der Waals surface area contributed by atoms with Crippen LogP contribution in [0.1, 0.15) is 27.0 Å². The summed E-state index contributed by atoms with van der Waals surface area (Å²) in [6.07, 6.45) is 0. The fraction of sp³-hybridized carbons (Fsp3) is 0.235. The Kier molecular flexibility index (Phi) is 4.86. The number of nitrogens with one attached hydrogen (secondary N) is 2. The quantitative estimate of drug-likeness (QED) is 0.898. The van der Waals surface area contributed by atoms with Gasteiger partial charge in [0.1, 0.15) is 0 Å². The van der Waals surface area contributed by atoms with Crippen LogP contribution < -0.4 is 10.6 Å². The van der Waals surface area contributed by atoms with Gasteiger partial charge in [0.15, 0.2) is 0 Å². The van der Waals surface area contributed by atoms with E-state index in [9.17, 15) is 4.79 Å². The van der Waals surface area contributed by atoms with Gasteiger partial charge in [0.05, 0.1) is 10.7 Å². The van der Waals surface area contributed by atoms with Gasteiger partial charge in [-0.05, 0) is 48.7 Å². The summed E-state index contributed by atoms with van der Waals surface area (Å²) >= 11 is 6.17. The van der Waals surface area contributed by atoms with Crippen LogP contribution >= 0.6 is 11.6 Å². The molecule has 2 aromatic carbocycles. The van der Waals surface area contributed by atoms with Gasteiger partial charge in [-0.3, -0.25) is 4.79 Å². The van der Waals surface area contributed by atoms with E-state index >= 15 is 0 Å². The van der Waals surface area contributed by atoms with Crippen molar-refractivity contribution in [1.82, 2.24) is 5.32 Å². The topological polar surface area (TPSA) is 41.1 Å². The van der Waals surface area contributed by atoms with Crippen LogP contribution in [-0.2, 0) is 6.54 Å². The van der Waals surface area contributed by atoms with Crippen LogP contribution in [0.5, 0.6) is 0 Å². The van der Waals surface area contributed by atoms with Gasteiger partial charge in [-0.25, -0.2) is 0 Å². The summed E-state index contributed by atoms with van der Waals surface area (Å²) in [5.41, 5.74) is 5.07. The maximum atomic E-state index is 11.7. The average Bonchev–Trinajstić information content (AvgIpc) is 2.49. The molecule has 0 unspecified atom stereocenters. The van der Waals surface area contributed by atoms with Crippen molar-refractivity contribution in [3.63, 3.8) is 0 Å². The van der Waals surface area contributed by atoms with Crippen LogP contribution in [0, 0.1) is 13.8 Å². The monoisotopic (exact) mass is 302 g/mol. The lowest BCUT2D eigenvalue weighted by molar-refractivity contribution is 0.0963. The molecule has 0 saturated heterocycles. The van der Waals surface area contributed by atoms with E-state index in [0.29, 0.717) is 17.1 Å². The third-order valence-corrected chi connectivity index (χ3v) is 3.84.